The van der Waals surface area contributed by atoms with Crippen molar-refractivity contribution < 1.29 is 14.6 Å². The lowest BCUT2D eigenvalue weighted by atomic mass is 10.1. The fraction of sp³-hybridized carbons (Fsp3) is 0.235. The Kier molecular flexibility index (Phi) is 5.55. The summed E-state index contributed by atoms with van der Waals surface area (Å²) in [4.78, 5) is 14.1. The van der Waals surface area contributed by atoms with Gasteiger partial charge in [0.05, 0.1) is 17.1 Å². The quantitative estimate of drug-likeness (QED) is 0.830. The third-order valence-corrected chi connectivity index (χ3v) is 4.27. The Morgan fingerprint density at radius 2 is 2.04 bits per heavy atom. The van der Waals surface area contributed by atoms with Gasteiger partial charge < -0.3 is 14.7 Å². The SMILES string of the molecule is COc1ccc(Cl)cc1CN(C)C(=O)c1cc(C)cc(Br)c1O. The van der Waals surface area contributed by atoms with Crippen LogP contribution in [0.4, 0.5) is 0 Å². The van der Waals surface area contributed by atoms with Gasteiger partial charge in [-0.2, -0.15) is 0 Å². The van der Waals surface area contributed by atoms with Crippen molar-refractivity contribution in [2.45, 2.75) is 13.5 Å². The molecule has 0 unspecified atom stereocenters. The summed E-state index contributed by atoms with van der Waals surface area (Å²) in [5, 5.41) is 10.7. The van der Waals surface area contributed by atoms with Crippen LogP contribution in [0.25, 0.3) is 0 Å². The number of carbonyl (C=O) groups is 1. The van der Waals surface area contributed by atoms with Gasteiger partial charge in [-0.15, -0.1) is 0 Å². The summed E-state index contributed by atoms with van der Waals surface area (Å²) in [6.45, 7) is 2.18. The standard InChI is InChI=1S/C17H17BrClNO3/c1-10-6-13(16(21)14(18)7-10)17(22)20(2)9-11-8-12(19)4-5-15(11)23-3/h4-8,21H,9H2,1-3H3. The number of carbonyl (C=O) groups excluding carboxylic acids is 1. The van der Waals surface area contributed by atoms with Gasteiger partial charge in [0.15, 0.2) is 0 Å². The predicted molar refractivity (Wildman–Crippen MR) is 94.3 cm³/mol. The molecule has 2 aromatic rings. The topological polar surface area (TPSA) is 49.8 Å². The minimum absolute atomic E-state index is 0.0643. The van der Waals surface area contributed by atoms with Crippen LogP contribution in [-0.2, 0) is 6.54 Å². The van der Waals surface area contributed by atoms with E-state index < -0.39 is 0 Å². The number of ether oxygens (including phenoxy) is 1. The molecule has 0 aliphatic heterocycles. The van der Waals surface area contributed by atoms with Crippen LogP contribution in [0.15, 0.2) is 34.8 Å². The first-order chi connectivity index (χ1) is 10.8. The Morgan fingerprint density at radius 1 is 1.35 bits per heavy atom. The van der Waals surface area contributed by atoms with Crippen LogP contribution < -0.4 is 4.74 Å². The molecule has 0 atom stereocenters. The average Bonchev–Trinajstić information content (AvgIpc) is 2.50. The van der Waals surface area contributed by atoms with Crippen molar-refractivity contribution in [1.29, 1.82) is 0 Å². The fourth-order valence-corrected chi connectivity index (χ4v) is 3.07. The molecule has 0 spiro atoms. The number of phenols is 1. The van der Waals surface area contributed by atoms with Gasteiger partial charge in [0.25, 0.3) is 5.91 Å². The lowest BCUT2D eigenvalue weighted by molar-refractivity contribution is 0.0781. The summed E-state index contributed by atoms with van der Waals surface area (Å²) in [7, 11) is 3.23. The number of hydrogen-bond donors (Lipinski definition) is 1. The van der Waals surface area contributed by atoms with Gasteiger partial charge in [-0.25, -0.2) is 0 Å². The zero-order chi connectivity index (χ0) is 17.1. The number of benzene rings is 2. The maximum atomic E-state index is 12.6. The van der Waals surface area contributed by atoms with E-state index >= 15 is 0 Å². The lowest BCUT2D eigenvalue weighted by Gasteiger charge is -2.20. The van der Waals surface area contributed by atoms with Crippen molar-refractivity contribution in [3.8, 4) is 11.5 Å². The number of aromatic hydroxyl groups is 1. The van der Waals surface area contributed by atoms with Crippen molar-refractivity contribution in [2.75, 3.05) is 14.2 Å². The molecule has 0 saturated heterocycles. The number of rotatable bonds is 4. The molecule has 23 heavy (non-hydrogen) atoms. The summed E-state index contributed by atoms with van der Waals surface area (Å²) in [5.74, 6) is 0.308. The van der Waals surface area contributed by atoms with Gasteiger partial charge in [0, 0.05) is 24.2 Å². The Balaban J connectivity index is 2.29. The molecule has 6 heteroatoms. The Bertz CT molecular complexity index is 749. The molecule has 122 valence electrons. The largest absolute Gasteiger partial charge is 0.506 e. The first-order valence-electron chi connectivity index (χ1n) is 6.90. The number of halogens is 2. The van der Waals surface area contributed by atoms with Crippen LogP contribution in [0.3, 0.4) is 0 Å². The molecule has 0 aromatic heterocycles. The van der Waals surface area contributed by atoms with Crippen molar-refractivity contribution >= 4 is 33.4 Å². The molecule has 2 rings (SSSR count). The maximum Gasteiger partial charge on any atom is 0.257 e. The number of amides is 1. The van der Waals surface area contributed by atoms with Crippen molar-refractivity contribution in [3.05, 3.63) is 56.5 Å². The van der Waals surface area contributed by atoms with Crippen LogP contribution in [0.1, 0.15) is 21.5 Å². The molecule has 0 heterocycles. The summed E-state index contributed by atoms with van der Waals surface area (Å²) in [6.07, 6.45) is 0. The van der Waals surface area contributed by atoms with E-state index in [9.17, 15) is 9.90 Å². The van der Waals surface area contributed by atoms with Crippen LogP contribution >= 0.6 is 27.5 Å². The Morgan fingerprint density at radius 3 is 2.70 bits per heavy atom. The van der Waals surface area contributed by atoms with Gasteiger partial charge in [0.1, 0.15) is 11.5 Å². The monoisotopic (exact) mass is 397 g/mol. The van der Waals surface area contributed by atoms with Crippen LogP contribution in [0.2, 0.25) is 5.02 Å². The molecule has 0 fully saturated rings. The van der Waals surface area contributed by atoms with Gasteiger partial charge in [-0.05, 0) is 58.7 Å². The second-order valence-electron chi connectivity index (χ2n) is 5.26. The summed E-state index contributed by atoms with van der Waals surface area (Å²) >= 11 is 9.27. The van der Waals surface area contributed by atoms with Crippen molar-refractivity contribution in [1.82, 2.24) is 4.90 Å². The predicted octanol–water partition coefficient (Wildman–Crippen LogP) is 4.40. The van der Waals surface area contributed by atoms with E-state index in [0.717, 1.165) is 11.1 Å². The molecular formula is C17H17BrClNO3. The highest BCUT2D eigenvalue weighted by atomic mass is 79.9. The highest BCUT2D eigenvalue weighted by Gasteiger charge is 2.19. The van der Waals surface area contributed by atoms with Gasteiger partial charge >= 0.3 is 0 Å². The van der Waals surface area contributed by atoms with Gasteiger partial charge in [-0.3, -0.25) is 4.79 Å². The zero-order valence-corrected chi connectivity index (χ0v) is 15.4. The Hall–Kier alpha value is -1.72. The lowest BCUT2D eigenvalue weighted by Crippen LogP contribution is -2.26. The zero-order valence-electron chi connectivity index (χ0n) is 13.1. The third kappa shape index (κ3) is 3.98. The van der Waals surface area contributed by atoms with Crippen LogP contribution in [-0.4, -0.2) is 30.1 Å². The normalized spacial score (nSPS) is 10.5. The number of methoxy groups -OCH3 is 1. The number of aryl methyl sites for hydroxylation is 1. The number of phenolic OH excluding ortho intramolecular Hbond substituents is 1. The minimum atomic E-state index is -0.283. The molecule has 4 nitrogen and oxygen atoms in total. The third-order valence-electron chi connectivity index (χ3n) is 3.43. The molecule has 1 N–H and O–H groups in total. The second kappa shape index (κ2) is 7.23. The molecule has 2 aromatic carbocycles. The maximum absolute atomic E-state index is 12.6. The smallest absolute Gasteiger partial charge is 0.257 e. The Labute approximate surface area is 148 Å². The van der Waals surface area contributed by atoms with Crippen LogP contribution in [0.5, 0.6) is 11.5 Å². The van der Waals surface area contributed by atoms with E-state index in [1.165, 1.54) is 4.90 Å². The highest BCUT2D eigenvalue weighted by Crippen LogP contribution is 2.31. The minimum Gasteiger partial charge on any atom is -0.506 e. The van der Waals surface area contributed by atoms with Crippen molar-refractivity contribution in [3.63, 3.8) is 0 Å². The molecule has 0 saturated carbocycles. The molecule has 0 aliphatic rings. The number of hydrogen-bond acceptors (Lipinski definition) is 3. The van der Waals surface area contributed by atoms with E-state index in [1.54, 1.807) is 44.5 Å². The van der Waals surface area contributed by atoms with E-state index in [1.807, 2.05) is 6.92 Å². The summed E-state index contributed by atoms with van der Waals surface area (Å²) in [6, 6.07) is 8.67. The van der Waals surface area contributed by atoms with Crippen LogP contribution in [0, 0.1) is 6.92 Å². The summed E-state index contributed by atoms with van der Waals surface area (Å²) < 4.78 is 5.79. The molecule has 0 bridgehead atoms. The molecule has 0 aliphatic carbocycles. The number of nitrogens with zero attached hydrogens (tertiary/aromatic N) is 1. The van der Waals surface area contributed by atoms with Crippen molar-refractivity contribution in [2.24, 2.45) is 0 Å². The fourth-order valence-electron chi connectivity index (χ4n) is 2.30. The van der Waals surface area contributed by atoms with E-state index in [2.05, 4.69) is 15.9 Å². The average molecular weight is 399 g/mol. The van der Waals surface area contributed by atoms with E-state index in [4.69, 9.17) is 16.3 Å². The summed E-state index contributed by atoms with van der Waals surface area (Å²) in [5.41, 5.74) is 1.93. The first kappa shape index (κ1) is 17.6. The molecule has 1 amide bonds. The molecule has 0 radical (unpaired) electrons. The van der Waals surface area contributed by atoms with E-state index in [0.29, 0.717) is 21.8 Å². The highest BCUT2D eigenvalue weighted by molar-refractivity contribution is 9.10. The van der Waals surface area contributed by atoms with Gasteiger partial charge in [0.2, 0.25) is 0 Å². The first-order valence-corrected chi connectivity index (χ1v) is 8.07. The molecular weight excluding hydrogens is 382 g/mol. The van der Waals surface area contributed by atoms with E-state index in [-0.39, 0.29) is 17.2 Å². The van der Waals surface area contributed by atoms with Gasteiger partial charge in [-0.1, -0.05) is 11.6 Å². The second-order valence-corrected chi connectivity index (χ2v) is 6.55.